The molecule has 0 amide bonds. The summed E-state index contributed by atoms with van der Waals surface area (Å²) in [6.45, 7) is 6.67. The van der Waals surface area contributed by atoms with E-state index >= 15 is 0 Å². The summed E-state index contributed by atoms with van der Waals surface area (Å²) in [5.74, 6) is 1.68. The molecule has 44 valence electrons. The van der Waals surface area contributed by atoms with Gasteiger partial charge in [0.15, 0.2) is 0 Å². The second-order valence-electron chi connectivity index (χ2n) is 1.81. The monoisotopic (exact) mass is 99.1 g/mol. The van der Waals surface area contributed by atoms with E-state index in [4.69, 9.17) is 0 Å². The highest BCUT2D eigenvalue weighted by Crippen LogP contribution is 2.12. The third-order valence-corrected chi connectivity index (χ3v) is 1.50. The molecule has 0 rings (SSSR count). The maximum Gasteiger partial charge on any atom is -0.0923 e. The quantitative estimate of drug-likeness (QED) is 0.477. The minimum Gasteiger partial charge on any atom is -0.314 e. The molecule has 0 saturated heterocycles. The topological polar surface area (TPSA) is 0 Å². The minimum absolute atomic E-state index is 1.27. The zero-order valence-corrected chi connectivity index (χ0v) is 5.62. The lowest BCUT2D eigenvalue weighted by atomic mass is 10.0. The van der Waals surface area contributed by atoms with Crippen LogP contribution < -0.4 is 0 Å². The summed E-state index contributed by atoms with van der Waals surface area (Å²) in [5, 5.41) is 0. The van der Waals surface area contributed by atoms with Gasteiger partial charge >= 0.3 is 0 Å². The maximum absolute atomic E-state index is 2.22. The SMILES string of the molecule is CC[C-](CC)CC. The Morgan fingerprint density at radius 3 is 1.14 bits per heavy atom. The Kier molecular flexibility index (Phi) is 4.17. The van der Waals surface area contributed by atoms with Gasteiger partial charge in [-0.3, -0.25) is 0 Å². The molecule has 0 fully saturated rings. The van der Waals surface area contributed by atoms with Crippen LogP contribution >= 0.6 is 0 Å². The maximum atomic E-state index is 2.22. The van der Waals surface area contributed by atoms with Crippen molar-refractivity contribution in [3.63, 3.8) is 0 Å². The van der Waals surface area contributed by atoms with Crippen LogP contribution in [0.3, 0.4) is 0 Å². The molecule has 0 spiro atoms. The van der Waals surface area contributed by atoms with Gasteiger partial charge in [0.1, 0.15) is 0 Å². The van der Waals surface area contributed by atoms with Crippen LogP contribution in [0.15, 0.2) is 0 Å². The van der Waals surface area contributed by atoms with Gasteiger partial charge in [-0.1, -0.05) is 20.8 Å². The van der Waals surface area contributed by atoms with Gasteiger partial charge in [-0.15, -0.1) is 0 Å². The van der Waals surface area contributed by atoms with E-state index < -0.39 is 0 Å². The van der Waals surface area contributed by atoms with Gasteiger partial charge in [0, 0.05) is 0 Å². The lowest BCUT2D eigenvalue weighted by Gasteiger charge is -2.22. The van der Waals surface area contributed by atoms with Gasteiger partial charge in [-0.2, -0.15) is 19.3 Å². The van der Waals surface area contributed by atoms with Gasteiger partial charge in [0.05, 0.1) is 0 Å². The van der Waals surface area contributed by atoms with Gasteiger partial charge in [0.25, 0.3) is 0 Å². The summed E-state index contributed by atoms with van der Waals surface area (Å²) in [6.07, 6.45) is 3.81. The Morgan fingerprint density at radius 1 is 0.857 bits per heavy atom. The average Bonchev–Trinajstić information content (AvgIpc) is 1.72. The van der Waals surface area contributed by atoms with Gasteiger partial charge in [-0.25, -0.2) is 0 Å². The first-order valence-corrected chi connectivity index (χ1v) is 3.18. The third kappa shape index (κ3) is 2.67. The van der Waals surface area contributed by atoms with Gasteiger partial charge < -0.3 is 5.92 Å². The first-order valence-electron chi connectivity index (χ1n) is 3.18. The van der Waals surface area contributed by atoms with Gasteiger partial charge in [0.2, 0.25) is 0 Å². The molecular weight excluding hydrogens is 84.1 g/mol. The molecule has 0 aromatic rings. The minimum atomic E-state index is 1.27. The molecule has 0 aliphatic rings. The highest BCUT2D eigenvalue weighted by molar-refractivity contribution is 4.83. The van der Waals surface area contributed by atoms with Crippen molar-refractivity contribution in [3.8, 4) is 0 Å². The molecule has 7 heavy (non-hydrogen) atoms. The number of rotatable bonds is 3. The van der Waals surface area contributed by atoms with E-state index in [0.717, 1.165) is 0 Å². The largest absolute Gasteiger partial charge is 0.314 e. The lowest BCUT2D eigenvalue weighted by Crippen LogP contribution is -1.88. The summed E-state index contributed by atoms with van der Waals surface area (Å²) >= 11 is 0. The van der Waals surface area contributed by atoms with E-state index in [2.05, 4.69) is 20.8 Å². The Bertz CT molecular complexity index is 21.5. The van der Waals surface area contributed by atoms with Crippen LogP contribution in [0.4, 0.5) is 0 Å². The zero-order chi connectivity index (χ0) is 5.70. The van der Waals surface area contributed by atoms with E-state index in [1.807, 2.05) is 0 Å². The summed E-state index contributed by atoms with van der Waals surface area (Å²) in [6, 6.07) is 0. The Balaban J connectivity index is 2.99. The molecular formula is C7H15-. The lowest BCUT2D eigenvalue weighted by molar-refractivity contribution is 0.739. The normalized spacial score (nSPS) is 10.3. The fourth-order valence-corrected chi connectivity index (χ4v) is 0.750. The van der Waals surface area contributed by atoms with Crippen molar-refractivity contribution >= 4 is 0 Å². The molecule has 0 atom stereocenters. The van der Waals surface area contributed by atoms with E-state index in [1.165, 1.54) is 19.3 Å². The summed E-state index contributed by atoms with van der Waals surface area (Å²) in [7, 11) is 0. The molecule has 0 saturated carbocycles. The Morgan fingerprint density at radius 2 is 1.14 bits per heavy atom. The molecule has 0 unspecified atom stereocenters. The smallest absolute Gasteiger partial charge is 0.0923 e. The van der Waals surface area contributed by atoms with Crippen molar-refractivity contribution < 1.29 is 0 Å². The highest BCUT2D eigenvalue weighted by Gasteiger charge is 1.79. The van der Waals surface area contributed by atoms with Crippen molar-refractivity contribution in [2.75, 3.05) is 0 Å². The van der Waals surface area contributed by atoms with Crippen molar-refractivity contribution in [2.45, 2.75) is 40.0 Å². The third-order valence-electron chi connectivity index (χ3n) is 1.50. The fourth-order valence-electron chi connectivity index (χ4n) is 0.750. The first kappa shape index (κ1) is 7.00. The molecule has 0 bridgehead atoms. The van der Waals surface area contributed by atoms with Crippen LogP contribution in [0, 0.1) is 5.92 Å². The second-order valence-corrected chi connectivity index (χ2v) is 1.81. The van der Waals surface area contributed by atoms with E-state index in [1.54, 1.807) is 5.92 Å². The highest BCUT2D eigenvalue weighted by atomic mass is 14.0. The summed E-state index contributed by atoms with van der Waals surface area (Å²) in [4.78, 5) is 0. The second kappa shape index (κ2) is 4.17. The number of hydrogen-bond acceptors (Lipinski definition) is 0. The molecule has 0 heteroatoms. The van der Waals surface area contributed by atoms with Crippen LogP contribution in [-0.4, -0.2) is 0 Å². The standard InChI is InChI=1S/C7H15/c1-4-7(5-2)6-3/h4-6H2,1-3H3/q-1. The van der Waals surface area contributed by atoms with Crippen molar-refractivity contribution in [2.24, 2.45) is 0 Å². The zero-order valence-electron chi connectivity index (χ0n) is 5.62. The molecule has 0 aromatic heterocycles. The van der Waals surface area contributed by atoms with Crippen molar-refractivity contribution in [1.29, 1.82) is 0 Å². The molecule has 0 N–H and O–H groups in total. The molecule has 0 nitrogen and oxygen atoms in total. The first-order chi connectivity index (χ1) is 3.35. The van der Waals surface area contributed by atoms with Crippen LogP contribution in [0.2, 0.25) is 0 Å². The van der Waals surface area contributed by atoms with Gasteiger partial charge in [-0.05, 0) is 0 Å². The predicted octanol–water partition coefficient (Wildman–Crippen LogP) is 2.79. The molecule has 0 aliphatic heterocycles. The van der Waals surface area contributed by atoms with Crippen LogP contribution in [0.5, 0.6) is 0 Å². The fraction of sp³-hybridized carbons (Fsp3) is 0.857. The molecule has 0 aliphatic carbocycles. The Hall–Kier alpha value is 0. The van der Waals surface area contributed by atoms with Crippen LogP contribution in [-0.2, 0) is 0 Å². The molecule has 0 radical (unpaired) electrons. The van der Waals surface area contributed by atoms with E-state index in [0.29, 0.717) is 0 Å². The predicted molar refractivity (Wildman–Crippen MR) is 34.1 cm³/mol. The van der Waals surface area contributed by atoms with Crippen molar-refractivity contribution in [3.05, 3.63) is 5.92 Å². The van der Waals surface area contributed by atoms with E-state index in [9.17, 15) is 0 Å². The average molecular weight is 99.2 g/mol. The van der Waals surface area contributed by atoms with Crippen LogP contribution in [0.25, 0.3) is 0 Å². The summed E-state index contributed by atoms with van der Waals surface area (Å²) in [5.41, 5.74) is 0. The Labute approximate surface area is 46.9 Å². The van der Waals surface area contributed by atoms with Crippen LogP contribution in [0.1, 0.15) is 40.0 Å². The van der Waals surface area contributed by atoms with Crippen molar-refractivity contribution in [1.82, 2.24) is 0 Å². The number of hydrogen-bond donors (Lipinski definition) is 0. The molecule has 0 heterocycles. The summed E-state index contributed by atoms with van der Waals surface area (Å²) < 4.78 is 0. The van der Waals surface area contributed by atoms with E-state index in [-0.39, 0.29) is 0 Å². The molecule has 0 aromatic carbocycles.